The van der Waals surface area contributed by atoms with Crippen LogP contribution in [0, 0.1) is 0 Å². The average molecular weight is 278 g/mol. The maximum Gasteiger partial charge on any atom is 0.246 e. The van der Waals surface area contributed by atoms with Crippen LogP contribution in [-0.2, 0) is 16.1 Å². The summed E-state index contributed by atoms with van der Waals surface area (Å²) in [5, 5.41) is 7.15. The molecule has 110 valence electrons. The third-order valence-corrected chi connectivity index (χ3v) is 3.73. The van der Waals surface area contributed by atoms with E-state index in [1.807, 2.05) is 30.8 Å². The van der Waals surface area contributed by atoms with Crippen molar-refractivity contribution in [3.8, 4) is 0 Å². The molecule has 0 aliphatic carbocycles. The summed E-state index contributed by atoms with van der Waals surface area (Å²) in [5.41, 5.74) is -0.0624. The maximum atomic E-state index is 12.3. The van der Waals surface area contributed by atoms with Crippen molar-refractivity contribution in [2.75, 3.05) is 0 Å². The molecule has 0 aromatic carbocycles. The largest absolute Gasteiger partial charge is 0.343 e. The second-order valence-corrected chi connectivity index (χ2v) is 6.06. The molecular formula is C14H22N4O2. The normalized spacial score (nSPS) is 22.3. The van der Waals surface area contributed by atoms with Gasteiger partial charge in [0.15, 0.2) is 0 Å². The van der Waals surface area contributed by atoms with Crippen LogP contribution in [0.2, 0.25) is 0 Å². The number of carbonyl (C=O) groups excluding carboxylic acids is 2. The molecule has 1 fully saturated rings. The molecule has 1 aromatic heterocycles. The first-order valence-electron chi connectivity index (χ1n) is 6.90. The molecule has 1 aliphatic rings. The minimum atomic E-state index is -0.856. The topological polar surface area (TPSA) is 67.2 Å². The third-order valence-electron chi connectivity index (χ3n) is 3.73. The molecule has 2 heterocycles. The van der Waals surface area contributed by atoms with E-state index >= 15 is 0 Å². The molecule has 6 nitrogen and oxygen atoms in total. The van der Waals surface area contributed by atoms with Crippen molar-refractivity contribution >= 4 is 11.8 Å². The average Bonchev–Trinajstić information content (AvgIpc) is 2.81. The SMILES string of the molecule is CC1NC(=O)C(C)(C)N(Cc2ccn(C(C)C)n2)C1=O. The monoisotopic (exact) mass is 278 g/mol. The molecule has 0 spiro atoms. The van der Waals surface area contributed by atoms with Crippen molar-refractivity contribution in [1.29, 1.82) is 0 Å². The summed E-state index contributed by atoms with van der Waals surface area (Å²) in [6.07, 6.45) is 1.89. The number of piperazine rings is 1. The first kappa shape index (κ1) is 14.6. The zero-order valence-electron chi connectivity index (χ0n) is 12.7. The van der Waals surface area contributed by atoms with Gasteiger partial charge in [0.25, 0.3) is 0 Å². The molecule has 2 rings (SSSR count). The van der Waals surface area contributed by atoms with Crippen LogP contribution < -0.4 is 5.32 Å². The van der Waals surface area contributed by atoms with E-state index in [2.05, 4.69) is 10.4 Å². The van der Waals surface area contributed by atoms with E-state index in [4.69, 9.17) is 0 Å². The Kier molecular flexibility index (Phi) is 3.58. The Morgan fingerprint density at radius 3 is 2.60 bits per heavy atom. The van der Waals surface area contributed by atoms with Gasteiger partial charge in [-0.2, -0.15) is 5.10 Å². The number of rotatable bonds is 3. The number of hydrogen-bond acceptors (Lipinski definition) is 3. The molecule has 2 amide bonds. The highest BCUT2D eigenvalue weighted by molar-refractivity contribution is 5.99. The number of hydrogen-bond donors (Lipinski definition) is 1. The molecule has 1 aromatic rings. The molecule has 1 N–H and O–H groups in total. The second-order valence-electron chi connectivity index (χ2n) is 6.06. The standard InChI is InChI=1S/C14H22N4O2/c1-9(2)18-7-6-11(16-18)8-17-12(19)10(3)15-13(20)14(17,4)5/h6-7,9-10H,8H2,1-5H3,(H,15,20). The van der Waals surface area contributed by atoms with Gasteiger partial charge in [0.1, 0.15) is 11.6 Å². The summed E-state index contributed by atoms with van der Waals surface area (Å²) in [6, 6.07) is 1.68. The Morgan fingerprint density at radius 2 is 2.05 bits per heavy atom. The van der Waals surface area contributed by atoms with E-state index < -0.39 is 11.6 Å². The summed E-state index contributed by atoms with van der Waals surface area (Å²) in [7, 11) is 0. The predicted molar refractivity (Wildman–Crippen MR) is 74.8 cm³/mol. The second kappa shape index (κ2) is 4.92. The van der Waals surface area contributed by atoms with Gasteiger partial charge in [-0.1, -0.05) is 0 Å². The lowest BCUT2D eigenvalue weighted by molar-refractivity contribution is -0.155. The van der Waals surface area contributed by atoms with E-state index in [1.165, 1.54) is 0 Å². The lowest BCUT2D eigenvalue weighted by Crippen LogP contribution is -2.67. The van der Waals surface area contributed by atoms with Crippen molar-refractivity contribution in [1.82, 2.24) is 20.0 Å². The Bertz CT molecular complexity index is 533. The number of carbonyl (C=O) groups is 2. The summed E-state index contributed by atoms with van der Waals surface area (Å²) in [6.45, 7) is 9.65. The molecule has 20 heavy (non-hydrogen) atoms. The van der Waals surface area contributed by atoms with E-state index in [1.54, 1.807) is 25.7 Å². The van der Waals surface area contributed by atoms with Gasteiger partial charge in [0, 0.05) is 12.2 Å². The van der Waals surface area contributed by atoms with Crippen LogP contribution in [0.25, 0.3) is 0 Å². The fraction of sp³-hybridized carbons (Fsp3) is 0.643. The van der Waals surface area contributed by atoms with Crippen LogP contribution in [0.5, 0.6) is 0 Å². The van der Waals surface area contributed by atoms with Gasteiger partial charge < -0.3 is 10.2 Å². The summed E-state index contributed by atoms with van der Waals surface area (Å²) in [5.74, 6) is -0.207. The zero-order chi connectivity index (χ0) is 15.1. The van der Waals surface area contributed by atoms with Crippen LogP contribution >= 0.6 is 0 Å². The van der Waals surface area contributed by atoms with Crippen molar-refractivity contribution in [3.63, 3.8) is 0 Å². The van der Waals surface area contributed by atoms with Crippen LogP contribution in [-0.4, -0.2) is 38.1 Å². The van der Waals surface area contributed by atoms with Gasteiger partial charge in [-0.25, -0.2) is 0 Å². The Labute approximate surface area is 119 Å². The predicted octanol–water partition coefficient (Wildman–Crippen LogP) is 1.09. The van der Waals surface area contributed by atoms with E-state index in [-0.39, 0.29) is 17.9 Å². The summed E-state index contributed by atoms with van der Waals surface area (Å²) in [4.78, 5) is 26.0. The fourth-order valence-corrected chi connectivity index (χ4v) is 2.25. The first-order valence-corrected chi connectivity index (χ1v) is 6.90. The van der Waals surface area contributed by atoms with E-state index in [0.29, 0.717) is 6.54 Å². The molecule has 1 atom stereocenters. The lowest BCUT2D eigenvalue weighted by atomic mass is 9.96. The minimum Gasteiger partial charge on any atom is -0.343 e. The molecule has 6 heteroatoms. The molecular weight excluding hydrogens is 256 g/mol. The van der Waals surface area contributed by atoms with Gasteiger partial charge in [0.2, 0.25) is 11.8 Å². The third kappa shape index (κ3) is 2.42. The van der Waals surface area contributed by atoms with Crippen molar-refractivity contribution < 1.29 is 9.59 Å². The Morgan fingerprint density at radius 1 is 1.40 bits per heavy atom. The highest BCUT2D eigenvalue weighted by Crippen LogP contribution is 2.23. The van der Waals surface area contributed by atoms with Crippen LogP contribution in [0.15, 0.2) is 12.3 Å². The molecule has 1 unspecified atom stereocenters. The highest BCUT2D eigenvalue weighted by Gasteiger charge is 2.44. The van der Waals surface area contributed by atoms with Crippen LogP contribution in [0.1, 0.15) is 46.4 Å². The summed E-state index contributed by atoms with van der Waals surface area (Å²) >= 11 is 0. The van der Waals surface area contributed by atoms with Gasteiger partial charge in [-0.15, -0.1) is 0 Å². The van der Waals surface area contributed by atoms with Crippen LogP contribution in [0.3, 0.4) is 0 Å². The highest BCUT2D eigenvalue weighted by atomic mass is 16.2. The number of aromatic nitrogens is 2. The lowest BCUT2D eigenvalue weighted by Gasteiger charge is -2.43. The first-order chi connectivity index (χ1) is 9.23. The Balaban J connectivity index is 2.24. The smallest absolute Gasteiger partial charge is 0.246 e. The quantitative estimate of drug-likeness (QED) is 0.900. The summed E-state index contributed by atoms with van der Waals surface area (Å²) < 4.78 is 1.85. The van der Waals surface area contributed by atoms with Crippen LogP contribution in [0.4, 0.5) is 0 Å². The van der Waals surface area contributed by atoms with Gasteiger partial charge in [0.05, 0.1) is 12.2 Å². The number of nitrogens with zero attached hydrogens (tertiary/aromatic N) is 3. The van der Waals surface area contributed by atoms with Gasteiger partial charge in [-0.05, 0) is 40.7 Å². The van der Waals surface area contributed by atoms with Crippen molar-refractivity contribution in [2.24, 2.45) is 0 Å². The zero-order valence-corrected chi connectivity index (χ0v) is 12.7. The minimum absolute atomic E-state index is 0.0753. The molecule has 0 bridgehead atoms. The number of nitrogens with one attached hydrogen (secondary N) is 1. The molecule has 1 aliphatic heterocycles. The van der Waals surface area contributed by atoms with Crippen molar-refractivity contribution in [3.05, 3.63) is 18.0 Å². The van der Waals surface area contributed by atoms with Gasteiger partial charge >= 0.3 is 0 Å². The van der Waals surface area contributed by atoms with E-state index in [0.717, 1.165) is 5.69 Å². The molecule has 1 saturated heterocycles. The molecule has 0 radical (unpaired) electrons. The van der Waals surface area contributed by atoms with E-state index in [9.17, 15) is 9.59 Å². The van der Waals surface area contributed by atoms with Crippen molar-refractivity contribution in [2.45, 2.75) is 58.8 Å². The maximum absolute atomic E-state index is 12.3. The Hall–Kier alpha value is -1.85. The number of amides is 2. The van der Waals surface area contributed by atoms with Gasteiger partial charge in [-0.3, -0.25) is 14.3 Å². The molecule has 0 saturated carbocycles. The fourth-order valence-electron chi connectivity index (χ4n) is 2.25.